The number of nitrogens with two attached hydrogens (primary N) is 1. The molecule has 0 saturated carbocycles. The van der Waals surface area contributed by atoms with Gasteiger partial charge < -0.3 is 5.73 Å². The Morgan fingerprint density at radius 1 is 0.600 bits per heavy atom. The van der Waals surface area contributed by atoms with Gasteiger partial charge in [-0.3, -0.25) is 10.3 Å². The molecule has 0 bridgehead atoms. The average Bonchev–Trinajstić information content (AvgIpc) is 3.45. The maximum Gasteiger partial charge on any atom is 0.127 e. The van der Waals surface area contributed by atoms with Crippen LogP contribution in [0.1, 0.15) is 52.6 Å². The molecule has 0 radical (unpaired) electrons. The van der Waals surface area contributed by atoms with Crippen LogP contribution in [0.25, 0.3) is 43.4 Å². The molecule has 8 aromatic rings. The van der Waals surface area contributed by atoms with Gasteiger partial charge in [0.15, 0.2) is 0 Å². The molecule has 8 aromatic carbocycles. The number of fused-ring (bicyclic) bond motifs is 7. The lowest BCUT2D eigenvalue weighted by Crippen LogP contribution is -2.32. The van der Waals surface area contributed by atoms with E-state index in [1.165, 1.54) is 60.1 Å². The highest BCUT2D eigenvalue weighted by atomic mass is 15.1. The summed E-state index contributed by atoms with van der Waals surface area (Å²) in [6, 6.07) is 60.6. The molecule has 0 heterocycles. The van der Waals surface area contributed by atoms with Gasteiger partial charge in [0, 0.05) is 17.2 Å². The van der Waals surface area contributed by atoms with Crippen molar-refractivity contribution in [3.63, 3.8) is 0 Å². The van der Waals surface area contributed by atoms with E-state index in [1.54, 1.807) is 0 Å². The third-order valence-electron chi connectivity index (χ3n) is 10.7. The molecule has 3 unspecified atom stereocenters. The van der Waals surface area contributed by atoms with Gasteiger partial charge >= 0.3 is 0 Å². The van der Waals surface area contributed by atoms with Gasteiger partial charge in [-0.05, 0) is 84.3 Å². The van der Waals surface area contributed by atoms with E-state index in [0.29, 0.717) is 0 Å². The summed E-state index contributed by atoms with van der Waals surface area (Å²) in [4.78, 5) is 5.49. The van der Waals surface area contributed by atoms with Crippen LogP contribution >= 0.6 is 0 Å². The van der Waals surface area contributed by atoms with Gasteiger partial charge in [0.05, 0.1) is 6.17 Å². The fourth-order valence-electron chi connectivity index (χ4n) is 8.18. The normalized spacial score (nSPS) is 16.5. The first kappa shape index (κ1) is 30.2. The maximum absolute atomic E-state index is 6.96. The summed E-state index contributed by atoms with van der Waals surface area (Å²) in [5.41, 5.74) is 16.2. The number of nitrogens with zero attached hydrogens (tertiary/aromatic N) is 1. The Morgan fingerprint density at radius 3 is 2.06 bits per heavy atom. The van der Waals surface area contributed by atoms with Crippen LogP contribution in [0.4, 0.5) is 0 Å². The highest BCUT2D eigenvalue weighted by Crippen LogP contribution is 2.54. The molecule has 0 amide bonds. The van der Waals surface area contributed by atoms with E-state index in [-0.39, 0.29) is 5.41 Å². The summed E-state index contributed by atoms with van der Waals surface area (Å²) in [6.07, 6.45) is 1.22. The van der Waals surface area contributed by atoms with E-state index in [9.17, 15) is 0 Å². The minimum Gasteiger partial charge on any atom is -0.312 e. The molecule has 3 heteroatoms. The molecule has 50 heavy (non-hydrogen) atoms. The summed E-state index contributed by atoms with van der Waals surface area (Å²) < 4.78 is 0. The van der Waals surface area contributed by atoms with Crippen LogP contribution in [0.15, 0.2) is 175 Å². The number of rotatable bonds is 7. The molecular weight excluding hydrogens is 607 g/mol. The Balaban J connectivity index is 1.28. The first-order chi connectivity index (χ1) is 24.6. The van der Waals surface area contributed by atoms with Crippen LogP contribution in [0, 0.1) is 0 Å². The van der Waals surface area contributed by atoms with Gasteiger partial charge in [-0.1, -0.05) is 164 Å². The minimum absolute atomic E-state index is 0.316. The fraction of sp³-hybridized carbons (Fsp3) is 0.0851. The van der Waals surface area contributed by atoms with Crippen molar-refractivity contribution in [3.8, 4) is 11.1 Å². The van der Waals surface area contributed by atoms with Crippen LogP contribution in [-0.2, 0) is 5.41 Å². The highest BCUT2D eigenvalue weighted by molar-refractivity contribution is 6.21. The van der Waals surface area contributed by atoms with Crippen LogP contribution in [0.3, 0.4) is 0 Å². The second kappa shape index (κ2) is 12.2. The molecule has 3 nitrogen and oxygen atoms in total. The second-order valence-corrected chi connectivity index (χ2v) is 13.4. The van der Waals surface area contributed by atoms with E-state index >= 15 is 0 Å². The molecule has 240 valence electrons. The Morgan fingerprint density at radius 2 is 1.24 bits per heavy atom. The maximum atomic E-state index is 6.96. The van der Waals surface area contributed by atoms with Crippen molar-refractivity contribution in [2.24, 2.45) is 10.7 Å². The predicted octanol–water partition coefficient (Wildman–Crippen LogP) is 10.8. The fourth-order valence-corrected chi connectivity index (χ4v) is 8.18. The number of hydrogen-bond acceptors (Lipinski definition) is 3. The van der Waals surface area contributed by atoms with E-state index in [0.717, 1.165) is 16.7 Å². The van der Waals surface area contributed by atoms with Gasteiger partial charge in [-0.25, -0.2) is 0 Å². The number of hydrogen-bond donors (Lipinski definition) is 2. The quantitative estimate of drug-likeness (QED) is 0.0786. The third kappa shape index (κ3) is 4.86. The van der Waals surface area contributed by atoms with Crippen molar-refractivity contribution >= 4 is 38.5 Å². The highest BCUT2D eigenvalue weighted by Gasteiger charge is 2.42. The van der Waals surface area contributed by atoms with Gasteiger partial charge in [0.25, 0.3) is 0 Å². The lowest BCUT2D eigenvalue weighted by molar-refractivity contribution is 0.467. The Labute approximate surface area is 292 Å². The largest absolute Gasteiger partial charge is 0.312 e. The van der Waals surface area contributed by atoms with Crippen LogP contribution in [0.5, 0.6) is 0 Å². The number of benzene rings is 8. The van der Waals surface area contributed by atoms with E-state index in [1.807, 2.05) is 18.2 Å². The summed E-state index contributed by atoms with van der Waals surface area (Å²) in [6.45, 7) is 2.35. The molecule has 0 aromatic heterocycles. The zero-order valence-corrected chi connectivity index (χ0v) is 27.9. The first-order valence-corrected chi connectivity index (χ1v) is 17.3. The SMILES string of the molecule is CC1(c2ccccc2)c2ccccc2-c2c(C(/N=C/c3c4ccccc4cc4ccc5ccccc5c34)NC(N)c3ccccc3)cccc21. The summed E-state index contributed by atoms with van der Waals surface area (Å²) in [7, 11) is 0. The predicted molar refractivity (Wildman–Crippen MR) is 210 cm³/mol. The third-order valence-corrected chi connectivity index (χ3v) is 10.7. The van der Waals surface area contributed by atoms with Crippen molar-refractivity contribution in [2.75, 3.05) is 0 Å². The van der Waals surface area contributed by atoms with E-state index < -0.39 is 12.3 Å². The van der Waals surface area contributed by atoms with Crippen LogP contribution in [-0.4, -0.2) is 6.21 Å². The van der Waals surface area contributed by atoms with Crippen molar-refractivity contribution < 1.29 is 0 Å². The summed E-state index contributed by atoms with van der Waals surface area (Å²) >= 11 is 0. The number of aliphatic imine (C=N–C) groups is 1. The topological polar surface area (TPSA) is 50.4 Å². The molecule has 3 atom stereocenters. The zero-order valence-electron chi connectivity index (χ0n) is 27.9. The van der Waals surface area contributed by atoms with Gasteiger partial charge in [0.1, 0.15) is 6.17 Å². The molecule has 1 aliphatic carbocycles. The van der Waals surface area contributed by atoms with E-state index in [4.69, 9.17) is 10.7 Å². The second-order valence-electron chi connectivity index (χ2n) is 13.4. The molecular formula is C47H37N3. The molecule has 0 aliphatic heterocycles. The lowest BCUT2D eigenvalue weighted by Gasteiger charge is -2.29. The summed E-state index contributed by atoms with van der Waals surface area (Å²) in [5, 5.41) is 11.0. The molecule has 3 N–H and O–H groups in total. The minimum atomic E-state index is -0.435. The first-order valence-electron chi connectivity index (χ1n) is 17.3. The monoisotopic (exact) mass is 643 g/mol. The van der Waals surface area contributed by atoms with Crippen molar-refractivity contribution in [1.29, 1.82) is 0 Å². The van der Waals surface area contributed by atoms with Crippen molar-refractivity contribution in [3.05, 3.63) is 203 Å². The van der Waals surface area contributed by atoms with Crippen LogP contribution in [0.2, 0.25) is 0 Å². The Kier molecular flexibility index (Phi) is 7.39. The van der Waals surface area contributed by atoms with Crippen molar-refractivity contribution in [1.82, 2.24) is 5.32 Å². The standard InChI is InChI=1S/C47H37N3/c1-47(35-19-6-3-7-20-35)41-25-13-12-23-38(41)44-39(24-14-26-42(44)47)46(50-45(48)32-16-4-2-5-17-32)49-30-40-36-21-10-9-18-33(36)29-34-28-27-31-15-8-11-22-37(31)43(34)40/h2-30,45-46,50H,48H2,1H3/b49-30+. The van der Waals surface area contributed by atoms with Gasteiger partial charge in [-0.2, -0.15) is 0 Å². The van der Waals surface area contributed by atoms with Crippen LogP contribution < -0.4 is 11.1 Å². The molecule has 0 spiro atoms. The number of nitrogens with one attached hydrogen (secondary N) is 1. The van der Waals surface area contributed by atoms with Gasteiger partial charge in [-0.15, -0.1) is 0 Å². The van der Waals surface area contributed by atoms with Crippen molar-refractivity contribution in [2.45, 2.75) is 24.7 Å². The zero-order chi connectivity index (χ0) is 33.7. The molecule has 0 fully saturated rings. The van der Waals surface area contributed by atoms with Gasteiger partial charge in [0.2, 0.25) is 0 Å². The molecule has 9 rings (SSSR count). The molecule has 1 aliphatic rings. The summed E-state index contributed by atoms with van der Waals surface area (Å²) in [5.74, 6) is 0. The Hall–Kier alpha value is -5.87. The van der Waals surface area contributed by atoms with E-state index in [2.05, 4.69) is 170 Å². The molecule has 0 saturated heterocycles. The lowest BCUT2D eigenvalue weighted by atomic mass is 9.74. The average molecular weight is 644 g/mol. The Bertz CT molecular complexity index is 2560. The smallest absolute Gasteiger partial charge is 0.127 e.